The van der Waals surface area contributed by atoms with E-state index in [1.54, 1.807) is 48.1 Å². The van der Waals surface area contributed by atoms with E-state index >= 15 is 0 Å². The van der Waals surface area contributed by atoms with E-state index < -0.39 is 5.97 Å². The average molecular weight is 607 g/mol. The number of fused-ring (bicyclic) bond motifs is 1. The van der Waals surface area contributed by atoms with Gasteiger partial charge in [0.15, 0.2) is 5.69 Å². The fourth-order valence-electron chi connectivity index (χ4n) is 4.89. The lowest BCUT2D eigenvalue weighted by atomic mass is 10.00. The predicted octanol–water partition coefficient (Wildman–Crippen LogP) is 6.60. The van der Waals surface area contributed by atoms with Gasteiger partial charge in [0.05, 0.1) is 26.8 Å². The number of anilines is 1. The number of aliphatic hydroxyl groups is 1. The van der Waals surface area contributed by atoms with Gasteiger partial charge in [-0.1, -0.05) is 41.4 Å². The number of benzene rings is 3. The minimum Gasteiger partial charge on any atom is -0.512 e. The molecule has 4 aromatic rings. The van der Waals surface area contributed by atoms with E-state index in [2.05, 4.69) is 10.4 Å². The zero-order chi connectivity index (χ0) is 30.0. The maximum atomic E-state index is 11.5. The van der Waals surface area contributed by atoms with Crippen molar-refractivity contribution in [3.8, 4) is 5.75 Å². The molecule has 11 heteroatoms. The van der Waals surface area contributed by atoms with Crippen molar-refractivity contribution in [2.75, 3.05) is 11.9 Å². The van der Waals surface area contributed by atoms with Gasteiger partial charge < -0.3 is 20.3 Å². The number of carbonyl (C=O) groups excluding carboxylic acids is 1. The number of aryl methyl sites for hydroxylation is 3. The summed E-state index contributed by atoms with van der Waals surface area (Å²) in [6.45, 7) is -0.0777. The Morgan fingerprint density at radius 2 is 1.86 bits per heavy atom. The summed E-state index contributed by atoms with van der Waals surface area (Å²) in [4.78, 5) is 22.8. The van der Waals surface area contributed by atoms with E-state index in [9.17, 15) is 19.8 Å². The van der Waals surface area contributed by atoms with Gasteiger partial charge in [-0.3, -0.25) is 14.9 Å². The lowest BCUT2D eigenvalue weighted by molar-refractivity contribution is -0.105. The summed E-state index contributed by atoms with van der Waals surface area (Å²) in [7, 11) is 1.70. The van der Waals surface area contributed by atoms with Crippen molar-refractivity contribution >= 4 is 57.9 Å². The Labute approximate surface area is 251 Å². The number of hydrogen-bond donors (Lipinski definition) is 4. The van der Waals surface area contributed by atoms with Gasteiger partial charge in [-0.25, -0.2) is 4.79 Å². The van der Waals surface area contributed by atoms with Crippen LogP contribution in [0.2, 0.25) is 10.0 Å². The minimum atomic E-state index is -1.08. The highest BCUT2D eigenvalue weighted by Crippen LogP contribution is 2.38. The smallest absolute Gasteiger partial charge is 0.357 e. The molecule has 0 saturated heterocycles. The summed E-state index contributed by atoms with van der Waals surface area (Å²) in [5.74, 6) is -0.507. The molecule has 1 amide bonds. The lowest BCUT2D eigenvalue weighted by Crippen LogP contribution is -2.16. The molecule has 0 unspecified atom stereocenters. The normalized spacial score (nSPS) is 13.5. The zero-order valence-corrected chi connectivity index (χ0v) is 24.2. The van der Waals surface area contributed by atoms with Crippen molar-refractivity contribution in [2.45, 2.75) is 25.7 Å². The molecule has 0 bridgehead atoms. The van der Waals surface area contributed by atoms with Crippen LogP contribution < -0.4 is 10.1 Å². The average Bonchev–Trinajstić information content (AvgIpc) is 3.76. The molecule has 0 aliphatic heterocycles. The van der Waals surface area contributed by atoms with Gasteiger partial charge in [-0.15, -0.1) is 0 Å². The number of aromatic nitrogens is 2. The standard InChI is InChI=1S/C31H28Cl2N4O5/c1-37-26-13-17(6-11-21(26)29(36-37)31(40)41)5-7-19-14-20(10-12-25(19)35-16-38)42-15-22(30(39)18-8-9-18)28(34)27-23(32)3-2-4-24(27)33/h2-4,6,10-14,16,18,34,39H,5,7-9,15H2,1H3,(H,35,38)(H,40,41)/b30-22-,34-28?. The number of halogens is 2. The first-order valence-corrected chi connectivity index (χ1v) is 14.0. The number of hydrogen-bond acceptors (Lipinski definition) is 6. The van der Waals surface area contributed by atoms with Crippen LogP contribution in [-0.4, -0.2) is 44.7 Å². The topological polar surface area (TPSA) is 138 Å². The number of aromatic carboxylic acids is 1. The molecule has 0 atom stereocenters. The molecule has 5 rings (SSSR count). The fraction of sp³-hybridized carbons (Fsp3) is 0.226. The van der Waals surface area contributed by atoms with Crippen LogP contribution in [0.5, 0.6) is 5.75 Å². The number of carbonyl (C=O) groups is 2. The van der Waals surface area contributed by atoms with E-state index in [-0.39, 0.29) is 29.7 Å². The second-order valence-electron chi connectivity index (χ2n) is 10.1. The highest BCUT2D eigenvalue weighted by molar-refractivity contribution is 6.41. The molecule has 0 spiro atoms. The van der Waals surface area contributed by atoms with Crippen molar-refractivity contribution in [3.05, 3.63) is 98.4 Å². The maximum Gasteiger partial charge on any atom is 0.357 e. The van der Waals surface area contributed by atoms with E-state index in [1.807, 2.05) is 18.2 Å². The first-order valence-electron chi connectivity index (χ1n) is 13.3. The Balaban J connectivity index is 1.37. The second-order valence-corrected chi connectivity index (χ2v) is 10.9. The fourth-order valence-corrected chi connectivity index (χ4v) is 5.47. The third-order valence-corrected chi connectivity index (χ3v) is 7.89. The van der Waals surface area contributed by atoms with Crippen LogP contribution in [0.3, 0.4) is 0 Å². The number of nitrogens with one attached hydrogen (secondary N) is 2. The van der Waals surface area contributed by atoms with Crippen molar-refractivity contribution < 1.29 is 24.5 Å². The largest absolute Gasteiger partial charge is 0.512 e. The molecular weight excluding hydrogens is 579 g/mol. The third-order valence-electron chi connectivity index (χ3n) is 7.26. The van der Waals surface area contributed by atoms with E-state index in [1.165, 1.54) is 0 Å². The van der Waals surface area contributed by atoms with Crippen LogP contribution in [0.25, 0.3) is 10.9 Å². The summed E-state index contributed by atoms with van der Waals surface area (Å²) in [5.41, 5.74) is 3.78. The Morgan fingerprint density at radius 1 is 1.12 bits per heavy atom. The Kier molecular flexibility index (Phi) is 8.51. The zero-order valence-electron chi connectivity index (χ0n) is 22.7. The number of ether oxygens (including phenoxy) is 1. The van der Waals surface area contributed by atoms with Gasteiger partial charge in [0.1, 0.15) is 18.1 Å². The molecule has 3 aromatic carbocycles. The van der Waals surface area contributed by atoms with E-state index in [4.69, 9.17) is 33.3 Å². The van der Waals surface area contributed by atoms with Gasteiger partial charge >= 0.3 is 5.97 Å². The van der Waals surface area contributed by atoms with E-state index in [0.29, 0.717) is 62.8 Å². The van der Waals surface area contributed by atoms with Crippen molar-refractivity contribution in [2.24, 2.45) is 13.0 Å². The van der Waals surface area contributed by atoms with Gasteiger partial charge in [-0.05, 0) is 73.2 Å². The molecule has 42 heavy (non-hydrogen) atoms. The highest BCUT2D eigenvalue weighted by Gasteiger charge is 2.31. The highest BCUT2D eigenvalue weighted by atomic mass is 35.5. The Bertz CT molecular complexity index is 1720. The van der Waals surface area contributed by atoms with Crippen LogP contribution >= 0.6 is 23.2 Å². The summed E-state index contributed by atoms with van der Waals surface area (Å²) < 4.78 is 7.63. The van der Waals surface area contributed by atoms with Crippen molar-refractivity contribution in [1.29, 1.82) is 5.41 Å². The number of amides is 1. The van der Waals surface area contributed by atoms with Gasteiger partial charge in [-0.2, -0.15) is 5.10 Å². The summed E-state index contributed by atoms with van der Waals surface area (Å²) in [6.07, 6.45) is 3.42. The van der Waals surface area contributed by atoms with Gasteiger partial charge in [0.2, 0.25) is 6.41 Å². The predicted molar refractivity (Wildman–Crippen MR) is 162 cm³/mol. The molecule has 216 valence electrons. The molecule has 1 fully saturated rings. The number of rotatable bonds is 12. The molecule has 1 saturated carbocycles. The quantitative estimate of drug-likeness (QED) is 0.0814. The summed E-state index contributed by atoms with van der Waals surface area (Å²) in [5, 5.41) is 37.2. The number of carboxylic acids is 1. The third kappa shape index (κ3) is 6.12. The number of nitrogens with zero attached hydrogens (tertiary/aromatic N) is 2. The van der Waals surface area contributed by atoms with E-state index in [0.717, 1.165) is 24.0 Å². The molecular formula is C31H28Cl2N4O5. The van der Waals surface area contributed by atoms with Gasteiger partial charge in [0, 0.05) is 29.6 Å². The van der Waals surface area contributed by atoms with Crippen LogP contribution in [-0.2, 0) is 24.7 Å². The molecule has 1 aliphatic carbocycles. The number of allylic oxidation sites excluding steroid dienone is 1. The molecule has 4 N–H and O–H groups in total. The van der Waals surface area contributed by atoms with Crippen LogP contribution in [0.1, 0.15) is 40.0 Å². The molecule has 0 radical (unpaired) electrons. The summed E-state index contributed by atoms with van der Waals surface area (Å²) in [6, 6.07) is 15.8. The molecule has 9 nitrogen and oxygen atoms in total. The SMILES string of the molecule is Cn1nc(C(=O)O)c2ccc(CCc3cc(OC/C(C(=N)c4c(Cl)cccc4Cl)=C(/O)C4CC4)ccc3NC=O)cc21. The lowest BCUT2D eigenvalue weighted by Gasteiger charge is -2.17. The number of aliphatic hydroxyl groups excluding tert-OH is 1. The van der Waals surface area contributed by atoms with Crippen molar-refractivity contribution in [3.63, 3.8) is 0 Å². The Hall–Kier alpha value is -4.34. The molecule has 1 aliphatic rings. The van der Waals surface area contributed by atoms with Crippen molar-refractivity contribution in [1.82, 2.24) is 9.78 Å². The first-order chi connectivity index (χ1) is 20.2. The molecule has 1 aromatic heterocycles. The summed E-state index contributed by atoms with van der Waals surface area (Å²) >= 11 is 12.7. The minimum absolute atomic E-state index is 0.00563. The first kappa shape index (κ1) is 29.2. The van der Waals surface area contributed by atoms with Crippen LogP contribution in [0.4, 0.5) is 5.69 Å². The molecule has 1 heterocycles. The van der Waals surface area contributed by atoms with Gasteiger partial charge in [0.25, 0.3) is 0 Å². The monoisotopic (exact) mass is 606 g/mol. The second kappa shape index (κ2) is 12.3. The maximum absolute atomic E-state index is 11.5. The van der Waals surface area contributed by atoms with Crippen LogP contribution in [0.15, 0.2) is 65.9 Å². The van der Waals surface area contributed by atoms with Crippen LogP contribution in [0, 0.1) is 11.3 Å². The number of carboxylic acid groups (broad SMARTS) is 1. The Morgan fingerprint density at radius 3 is 2.52 bits per heavy atom.